The fourth-order valence-electron chi connectivity index (χ4n) is 2.43. The molecule has 3 nitrogen and oxygen atoms in total. The van der Waals surface area contributed by atoms with Crippen LogP contribution >= 0.6 is 22.9 Å². The maximum absolute atomic E-state index is 10.3. The van der Waals surface area contributed by atoms with Crippen molar-refractivity contribution in [2.45, 2.75) is 26.5 Å². The first-order valence-electron chi connectivity index (χ1n) is 7.83. The third kappa shape index (κ3) is 6.92. The van der Waals surface area contributed by atoms with Crippen molar-refractivity contribution in [2.75, 3.05) is 19.7 Å². The van der Waals surface area contributed by atoms with Gasteiger partial charge in [0.2, 0.25) is 0 Å². The summed E-state index contributed by atoms with van der Waals surface area (Å²) in [5, 5.41) is 15.2. The molecule has 2 aromatic rings. The molecule has 5 heteroatoms. The summed E-state index contributed by atoms with van der Waals surface area (Å²) in [6.45, 7) is 7.07. The molecule has 0 unspecified atom stereocenters. The Morgan fingerprint density at radius 1 is 1.17 bits per heavy atom. The summed E-state index contributed by atoms with van der Waals surface area (Å²) in [5.74, 6) is 1.28. The molecule has 1 atom stereocenters. The number of thiophene rings is 1. The molecular formula is C18H24ClNO2S. The average Bonchev–Trinajstić information content (AvgIpc) is 2.99. The lowest BCUT2D eigenvalue weighted by molar-refractivity contribution is 0.0615. The zero-order valence-electron chi connectivity index (χ0n) is 13.6. The fourth-order valence-corrected chi connectivity index (χ4v) is 3.22. The Hall–Kier alpha value is -1.07. The van der Waals surface area contributed by atoms with Gasteiger partial charge < -0.3 is 9.84 Å². The summed E-state index contributed by atoms with van der Waals surface area (Å²) in [7, 11) is 0. The van der Waals surface area contributed by atoms with Gasteiger partial charge in [-0.25, -0.2) is 0 Å². The molecule has 1 aromatic carbocycles. The van der Waals surface area contributed by atoms with E-state index in [1.54, 1.807) is 23.5 Å². The van der Waals surface area contributed by atoms with Crippen LogP contribution in [0.25, 0.3) is 0 Å². The summed E-state index contributed by atoms with van der Waals surface area (Å²) in [6, 6.07) is 9.32. The molecule has 0 amide bonds. The van der Waals surface area contributed by atoms with Crippen LogP contribution in [-0.2, 0) is 6.54 Å². The third-order valence-corrected chi connectivity index (χ3v) is 4.32. The molecule has 1 aromatic heterocycles. The standard InChI is InChI=1S/C18H24ClNO2S/c1-14(2)9-20(10-15-7-8-23-13-15)11-17(21)12-22-18-5-3-16(19)4-6-18/h3-8,13-14,17,21H,9-12H2,1-2H3/t17-/m0/s1. The Morgan fingerprint density at radius 3 is 2.52 bits per heavy atom. The zero-order valence-corrected chi connectivity index (χ0v) is 15.2. The van der Waals surface area contributed by atoms with E-state index in [0.29, 0.717) is 17.5 Å². The Balaban J connectivity index is 1.83. The van der Waals surface area contributed by atoms with E-state index in [1.807, 2.05) is 12.1 Å². The summed E-state index contributed by atoms with van der Waals surface area (Å²) >= 11 is 7.55. The summed E-state index contributed by atoms with van der Waals surface area (Å²) in [4.78, 5) is 2.28. The number of hydrogen-bond acceptors (Lipinski definition) is 4. The number of ether oxygens (including phenoxy) is 1. The first-order chi connectivity index (χ1) is 11.0. The molecule has 0 radical (unpaired) electrons. The Morgan fingerprint density at radius 2 is 1.91 bits per heavy atom. The maximum atomic E-state index is 10.3. The highest BCUT2D eigenvalue weighted by atomic mass is 35.5. The van der Waals surface area contributed by atoms with Gasteiger partial charge in [0, 0.05) is 24.7 Å². The number of halogens is 1. The maximum Gasteiger partial charge on any atom is 0.119 e. The van der Waals surface area contributed by atoms with E-state index in [0.717, 1.165) is 18.8 Å². The van der Waals surface area contributed by atoms with E-state index in [1.165, 1.54) is 5.56 Å². The van der Waals surface area contributed by atoms with Crippen molar-refractivity contribution >= 4 is 22.9 Å². The minimum atomic E-state index is -0.525. The van der Waals surface area contributed by atoms with Crippen LogP contribution in [0.4, 0.5) is 0 Å². The second-order valence-corrected chi connectivity index (χ2v) is 7.35. The fraction of sp³-hybridized carbons (Fsp3) is 0.444. The van der Waals surface area contributed by atoms with Gasteiger partial charge in [0.15, 0.2) is 0 Å². The lowest BCUT2D eigenvalue weighted by Gasteiger charge is -2.26. The van der Waals surface area contributed by atoms with E-state index < -0.39 is 6.10 Å². The van der Waals surface area contributed by atoms with Gasteiger partial charge in [-0.3, -0.25) is 4.90 Å². The molecule has 0 saturated heterocycles. The molecule has 0 aliphatic rings. The number of benzene rings is 1. The zero-order chi connectivity index (χ0) is 16.7. The molecule has 0 saturated carbocycles. The summed E-state index contributed by atoms with van der Waals surface area (Å²) in [6.07, 6.45) is -0.525. The van der Waals surface area contributed by atoms with Crippen molar-refractivity contribution in [1.82, 2.24) is 4.90 Å². The van der Waals surface area contributed by atoms with Crippen molar-refractivity contribution in [3.8, 4) is 5.75 Å². The minimum Gasteiger partial charge on any atom is -0.491 e. The van der Waals surface area contributed by atoms with Crippen molar-refractivity contribution in [2.24, 2.45) is 5.92 Å². The van der Waals surface area contributed by atoms with Gasteiger partial charge in [0.1, 0.15) is 18.5 Å². The van der Waals surface area contributed by atoms with Crippen molar-refractivity contribution in [3.63, 3.8) is 0 Å². The molecule has 0 fully saturated rings. The SMILES string of the molecule is CC(C)CN(Cc1ccsc1)C[C@H](O)COc1ccc(Cl)cc1. The minimum absolute atomic E-state index is 0.278. The third-order valence-electron chi connectivity index (χ3n) is 3.33. The van der Waals surface area contributed by atoms with Gasteiger partial charge in [-0.2, -0.15) is 11.3 Å². The number of aliphatic hydroxyl groups is 1. The van der Waals surface area contributed by atoms with Gasteiger partial charge >= 0.3 is 0 Å². The normalized spacial score (nSPS) is 12.8. The van der Waals surface area contributed by atoms with Crippen molar-refractivity contribution in [1.29, 1.82) is 0 Å². The predicted octanol–water partition coefficient (Wildman–Crippen LogP) is 4.30. The molecular weight excluding hydrogens is 330 g/mol. The predicted molar refractivity (Wildman–Crippen MR) is 97.4 cm³/mol. The van der Waals surface area contributed by atoms with Crippen LogP contribution in [0.5, 0.6) is 5.75 Å². The van der Waals surface area contributed by atoms with E-state index in [4.69, 9.17) is 16.3 Å². The highest BCUT2D eigenvalue weighted by Crippen LogP contribution is 2.16. The molecule has 2 rings (SSSR count). The Bertz CT molecular complexity index is 557. The van der Waals surface area contributed by atoms with E-state index in [-0.39, 0.29) is 6.61 Å². The van der Waals surface area contributed by atoms with Gasteiger partial charge in [-0.1, -0.05) is 25.4 Å². The average molecular weight is 354 g/mol. The lowest BCUT2D eigenvalue weighted by atomic mass is 10.2. The first-order valence-corrected chi connectivity index (χ1v) is 9.15. The molecule has 23 heavy (non-hydrogen) atoms. The van der Waals surface area contributed by atoms with Crippen molar-refractivity contribution in [3.05, 3.63) is 51.7 Å². The second kappa shape index (κ2) is 9.28. The Kier molecular flexibility index (Phi) is 7.37. The lowest BCUT2D eigenvalue weighted by Crippen LogP contribution is -2.37. The smallest absolute Gasteiger partial charge is 0.119 e. The van der Waals surface area contributed by atoms with Crippen LogP contribution in [0.2, 0.25) is 5.02 Å². The van der Waals surface area contributed by atoms with Crippen LogP contribution in [-0.4, -0.2) is 35.8 Å². The summed E-state index contributed by atoms with van der Waals surface area (Å²) in [5.41, 5.74) is 1.29. The topological polar surface area (TPSA) is 32.7 Å². The van der Waals surface area contributed by atoms with Crippen molar-refractivity contribution < 1.29 is 9.84 Å². The van der Waals surface area contributed by atoms with Crippen LogP contribution in [0.1, 0.15) is 19.4 Å². The molecule has 0 spiro atoms. The number of rotatable bonds is 9. The number of aliphatic hydroxyl groups excluding tert-OH is 1. The van der Waals surface area contributed by atoms with Gasteiger partial charge in [0.05, 0.1) is 0 Å². The molecule has 1 heterocycles. The van der Waals surface area contributed by atoms with Crippen LogP contribution < -0.4 is 4.74 Å². The van der Waals surface area contributed by atoms with Gasteiger partial charge in [0.25, 0.3) is 0 Å². The monoisotopic (exact) mass is 353 g/mol. The van der Waals surface area contributed by atoms with E-state index in [2.05, 4.69) is 35.6 Å². The molecule has 126 valence electrons. The van der Waals surface area contributed by atoms with Crippen LogP contribution in [0, 0.1) is 5.92 Å². The quantitative estimate of drug-likeness (QED) is 0.729. The Labute approximate surface area is 147 Å². The molecule has 0 bridgehead atoms. The number of hydrogen-bond donors (Lipinski definition) is 1. The molecule has 1 N–H and O–H groups in total. The van der Waals surface area contributed by atoms with Gasteiger partial charge in [-0.05, 0) is 52.6 Å². The van der Waals surface area contributed by atoms with Crippen LogP contribution in [0.15, 0.2) is 41.1 Å². The highest BCUT2D eigenvalue weighted by Gasteiger charge is 2.14. The van der Waals surface area contributed by atoms with Crippen LogP contribution in [0.3, 0.4) is 0 Å². The molecule has 0 aliphatic carbocycles. The van der Waals surface area contributed by atoms with E-state index >= 15 is 0 Å². The van der Waals surface area contributed by atoms with Gasteiger partial charge in [-0.15, -0.1) is 0 Å². The highest BCUT2D eigenvalue weighted by molar-refractivity contribution is 7.07. The summed E-state index contributed by atoms with van der Waals surface area (Å²) < 4.78 is 5.63. The second-order valence-electron chi connectivity index (χ2n) is 6.14. The molecule has 0 aliphatic heterocycles. The number of nitrogens with zero attached hydrogens (tertiary/aromatic N) is 1. The first kappa shape index (κ1) is 18.3. The largest absolute Gasteiger partial charge is 0.491 e. The van der Waals surface area contributed by atoms with E-state index in [9.17, 15) is 5.11 Å².